The summed E-state index contributed by atoms with van der Waals surface area (Å²) >= 11 is 0. The van der Waals surface area contributed by atoms with Crippen LogP contribution in [-0.4, -0.2) is 16.5 Å². The highest BCUT2D eigenvalue weighted by molar-refractivity contribution is 5.54. The van der Waals surface area contributed by atoms with E-state index in [2.05, 4.69) is 22.2 Å². The van der Waals surface area contributed by atoms with Gasteiger partial charge in [0, 0.05) is 12.1 Å². The predicted molar refractivity (Wildman–Crippen MR) is 70.9 cm³/mol. The number of hydrogen-bond acceptors (Lipinski definition) is 4. The molecular weight excluding hydrogens is 212 g/mol. The molecule has 0 atom stereocenters. The van der Waals surface area contributed by atoms with Crippen molar-refractivity contribution in [2.45, 2.75) is 45.4 Å². The minimum absolute atomic E-state index is 0.619. The van der Waals surface area contributed by atoms with Crippen molar-refractivity contribution < 1.29 is 0 Å². The van der Waals surface area contributed by atoms with Crippen LogP contribution in [0.15, 0.2) is 6.33 Å². The second-order valence-corrected chi connectivity index (χ2v) is 4.85. The molecule has 17 heavy (non-hydrogen) atoms. The van der Waals surface area contributed by atoms with Crippen molar-refractivity contribution in [1.29, 1.82) is 0 Å². The van der Waals surface area contributed by atoms with Gasteiger partial charge in [0.1, 0.15) is 18.0 Å². The predicted octanol–water partition coefficient (Wildman–Crippen LogP) is 2.61. The van der Waals surface area contributed by atoms with Gasteiger partial charge in [-0.25, -0.2) is 9.97 Å². The normalized spacial score (nSPS) is 15.6. The van der Waals surface area contributed by atoms with Crippen LogP contribution in [0.2, 0.25) is 0 Å². The third-order valence-electron chi connectivity index (χ3n) is 3.55. The lowest BCUT2D eigenvalue weighted by Crippen LogP contribution is -2.17. The summed E-state index contributed by atoms with van der Waals surface area (Å²) < 4.78 is 0. The molecule has 94 valence electrons. The molecule has 1 saturated carbocycles. The molecule has 1 aromatic heterocycles. The van der Waals surface area contributed by atoms with Crippen molar-refractivity contribution in [3.05, 3.63) is 11.9 Å². The Hall–Kier alpha value is -1.32. The van der Waals surface area contributed by atoms with Crippen molar-refractivity contribution in [2.75, 3.05) is 17.6 Å². The van der Waals surface area contributed by atoms with E-state index >= 15 is 0 Å². The first kappa shape index (κ1) is 12.1. The molecule has 0 amide bonds. The van der Waals surface area contributed by atoms with Gasteiger partial charge in [0.25, 0.3) is 0 Å². The molecule has 0 bridgehead atoms. The summed E-state index contributed by atoms with van der Waals surface area (Å²) in [5, 5.41) is 3.41. The summed E-state index contributed by atoms with van der Waals surface area (Å²) in [5.41, 5.74) is 6.96. The monoisotopic (exact) mass is 234 g/mol. The number of nitrogens with two attached hydrogens (primary N) is 1. The fraction of sp³-hybridized carbons (Fsp3) is 0.692. The third-order valence-corrected chi connectivity index (χ3v) is 3.55. The number of nitrogens with zero attached hydrogens (tertiary/aromatic N) is 2. The van der Waals surface area contributed by atoms with Crippen LogP contribution in [-0.2, 0) is 6.42 Å². The van der Waals surface area contributed by atoms with Crippen LogP contribution in [0.4, 0.5) is 11.6 Å². The summed E-state index contributed by atoms with van der Waals surface area (Å²) in [4.78, 5) is 8.35. The Morgan fingerprint density at radius 1 is 1.41 bits per heavy atom. The Bertz CT molecular complexity index is 360. The minimum Gasteiger partial charge on any atom is -0.383 e. The zero-order valence-electron chi connectivity index (χ0n) is 10.6. The summed E-state index contributed by atoms with van der Waals surface area (Å²) in [6.45, 7) is 3.14. The molecule has 1 heterocycles. The highest BCUT2D eigenvalue weighted by atomic mass is 15.0. The highest BCUT2D eigenvalue weighted by Gasteiger charge is 2.17. The number of nitrogens with one attached hydrogen (secondary N) is 1. The molecule has 4 nitrogen and oxygen atoms in total. The molecule has 1 fully saturated rings. The number of anilines is 2. The Labute approximate surface area is 103 Å². The molecule has 0 aromatic carbocycles. The first-order valence-corrected chi connectivity index (χ1v) is 6.64. The number of rotatable bonds is 6. The second kappa shape index (κ2) is 5.84. The largest absolute Gasteiger partial charge is 0.383 e. The van der Waals surface area contributed by atoms with Gasteiger partial charge in [0.2, 0.25) is 0 Å². The van der Waals surface area contributed by atoms with Crippen LogP contribution in [0.1, 0.15) is 44.6 Å². The topological polar surface area (TPSA) is 63.8 Å². The molecule has 2 rings (SSSR count). The lowest BCUT2D eigenvalue weighted by Gasteiger charge is -2.25. The van der Waals surface area contributed by atoms with Gasteiger partial charge in [0.05, 0.1) is 0 Å². The maximum absolute atomic E-state index is 5.89. The second-order valence-electron chi connectivity index (χ2n) is 4.85. The maximum atomic E-state index is 5.89. The van der Waals surface area contributed by atoms with E-state index in [0.29, 0.717) is 5.82 Å². The average Bonchev–Trinajstić information content (AvgIpc) is 2.26. The summed E-state index contributed by atoms with van der Waals surface area (Å²) in [7, 11) is 0. The van der Waals surface area contributed by atoms with E-state index in [1.54, 1.807) is 6.33 Å². The zero-order valence-corrected chi connectivity index (χ0v) is 10.6. The molecule has 3 N–H and O–H groups in total. The van der Waals surface area contributed by atoms with E-state index in [9.17, 15) is 0 Å². The fourth-order valence-corrected chi connectivity index (χ4v) is 2.25. The molecule has 1 aliphatic carbocycles. The first-order chi connectivity index (χ1) is 8.31. The number of aromatic nitrogens is 2. The molecule has 0 unspecified atom stereocenters. The number of hydrogen-bond donors (Lipinski definition) is 2. The molecule has 0 spiro atoms. The number of nitrogen functional groups attached to an aromatic ring is 1. The fourth-order valence-electron chi connectivity index (χ4n) is 2.25. The summed E-state index contributed by atoms with van der Waals surface area (Å²) in [5.74, 6) is 2.47. The molecule has 0 aliphatic heterocycles. The van der Waals surface area contributed by atoms with E-state index in [-0.39, 0.29) is 0 Å². The van der Waals surface area contributed by atoms with E-state index in [1.807, 2.05) is 0 Å². The van der Waals surface area contributed by atoms with Crippen molar-refractivity contribution in [2.24, 2.45) is 5.92 Å². The molecule has 0 radical (unpaired) electrons. The van der Waals surface area contributed by atoms with Gasteiger partial charge in [-0.2, -0.15) is 0 Å². The molecule has 0 saturated heterocycles. The SMILES string of the molecule is CCCc1c(N)ncnc1NCCC1CCC1. The lowest BCUT2D eigenvalue weighted by atomic mass is 9.83. The van der Waals surface area contributed by atoms with E-state index in [0.717, 1.165) is 36.7 Å². The zero-order chi connectivity index (χ0) is 12.1. The van der Waals surface area contributed by atoms with Crippen molar-refractivity contribution >= 4 is 11.6 Å². The Morgan fingerprint density at radius 2 is 2.24 bits per heavy atom. The van der Waals surface area contributed by atoms with Crippen molar-refractivity contribution in [3.8, 4) is 0 Å². The molecule has 4 heteroatoms. The Morgan fingerprint density at radius 3 is 2.88 bits per heavy atom. The standard InChI is InChI=1S/C13H22N4/c1-2-4-11-12(14)16-9-17-13(11)15-8-7-10-5-3-6-10/h9-10H,2-8H2,1H3,(H3,14,15,16,17). The van der Waals surface area contributed by atoms with E-state index < -0.39 is 0 Å². The van der Waals surface area contributed by atoms with E-state index in [1.165, 1.54) is 25.7 Å². The molecular formula is C13H22N4. The van der Waals surface area contributed by atoms with Gasteiger partial charge in [-0.3, -0.25) is 0 Å². The molecule has 1 aliphatic rings. The van der Waals surface area contributed by atoms with E-state index in [4.69, 9.17) is 5.73 Å². The maximum Gasteiger partial charge on any atom is 0.134 e. The van der Waals surface area contributed by atoms with Gasteiger partial charge >= 0.3 is 0 Å². The molecule has 1 aromatic rings. The van der Waals surface area contributed by atoms with Crippen LogP contribution < -0.4 is 11.1 Å². The van der Waals surface area contributed by atoms with Gasteiger partial charge < -0.3 is 11.1 Å². The lowest BCUT2D eigenvalue weighted by molar-refractivity contribution is 0.303. The van der Waals surface area contributed by atoms with Crippen molar-refractivity contribution in [3.63, 3.8) is 0 Å². The minimum atomic E-state index is 0.619. The van der Waals surface area contributed by atoms with Crippen LogP contribution in [0, 0.1) is 5.92 Å². The quantitative estimate of drug-likeness (QED) is 0.794. The van der Waals surface area contributed by atoms with Gasteiger partial charge in [0.15, 0.2) is 0 Å². The Balaban J connectivity index is 1.91. The van der Waals surface area contributed by atoms with Crippen LogP contribution in [0.5, 0.6) is 0 Å². The van der Waals surface area contributed by atoms with Gasteiger partial charge in [-0.1, -0.05) is 32.6 Å². The smallest absolute Gasteiger partial charge is 0.134 e. The average molecular weight is 234 g/mol. The summed E-state index contributed by atoms with van der Waals surface area (Å²) in [6.07, 6.45) is 9.00. The van der Waals surface area contributed by atoms with Crippen LogP contribution in [0.3, 0.4) is 0 Å². The van der Waals surface area contributed by atoms with Crippen molar-refractivity contribution in [1.82, 2.24) is 9.97 Å². The highest BCUT2D eigenvalue weighted by Crippen LogP contribution is 2.29. The van der Waals surface area contributed by atoms with Gasteiger partial charge in [-0.05, 0) is 18.8 Å². The first-order valence-electron chi connectivity index (χ1n) is 6.64. The van der Waals surface area contributed by atoms with Crippen LogP contribution >= 0.6 is 0 Å². The third kappa shape index (κ3) is 3.08. The van der Waals surface area contributed by atoms with Gasteiger partial charge in [-0.15, -0.1) is 0 Å². The Kier molecular flexibility index (Phi) is 4.18. The summed E-state index contributed by atoms with van der Waals surface area (Å²) in [6, 6.07) is 0. The van der Waals surface area contributed by atoms with Crippen LogP contribution in [0.25, 0.3) is 0 Å².